The molecule has 0 bridgehead atoms. The van der Waals surface area contributed by atoms with Crippen LogP contribution in [0.4, 0.5) is 14.5 Å². The van der Waals surface area contributed by atoms with Crippen molar-refractivity contribution in [1.82, 2.24) is 9.78 Å². The van der Waals surface area contributed by atoms with Gasteiger partial charge in [0.25, 0.3) is 0 Å². The van der Waals surface area contributed by atoms with Gasteiger partial charge >= 0.3 is 0 Å². The number of hydrogen-bond donors (Lipinski definition) is 1. The zero-order chi connectivity index (χ0) is 12.4. The number of hydrogen-bond acceptors (Lipinski definition) is 3. The quantitative estimate of drug-likeness (QED) is 0.835. The van der Waals surface area contributed by atoms with E-state index in [-0.39, 0.29) is 11.4 Å². The molecule has 1 heterocycles. The maximum atomic E-state index is 13.2. The smallest absolute Gasteiger partial charge is 0.157 e. The maximum absolute atomic E-state index is 13.2. The first-order valence-electron chi connectivity index (χ1n) is 5.04. The number of ether oxygens (including phenoxy) is 1. The zero-order valence-electron chi connectivity index (χ0n) is 9.15. The molecule has 1 aromatic heterocycles. The molecule has 0 spiro atoms. The first-order chi connectivity index (χ1) is 8.11. The molecule has 4 nitrogen and oxygen atoms in total. The number of nitrogens with zero attached hydrogens (tertiary/aromatic N) is 2. The summed E-state index contributed by atoms with van der Waals surface area (Å²) >= 11 is 0. The first kappa shape index (κ1) is 11.4. The Labute approximate surface area is 96.6 Å². The molecule has 0 fully saturated rings. The van der Waals surface area contributed by atoms with Crippen LogP contribution in [0.25, 0.3) is 5.69 Å². The summed E-state index contributed by atoms with van der Waals surface area (Å²) in [6, 6.07) is 1.84. The predicted octanol–water partition coefficient (Wildman–Crippen LogP) is 2.13. The van der Waals surface area contributed by atoms with E-state index in [4.69, 9.17) is 10.5 Å². The molecular weight excluding hydrogens is 228 g/mol. The Hall–Kier alpha value is -2.11. The lowest BCUT2D eigenvalue weighted by atomic mass is 10.2. The Morgan fingerprint density at radius 1 is 1.41 bits per heavy atom. The standard InChI is InChI=1S/C11H11F2N3O/c1-2-17-8-5-15-16(6-8)10-4-7(12)3-9(13)11(10)14/h3-6H,2,14H2,1H3. The number of rotatable bonds is 3. The fraction of sp³-hybridized carbons (Fsp3) is 0.182. The minimum atomic E-state index is -0.812. The van der Waals surface area contributed by atoms with Gasteiger partial charge in [-0.2, -0.15) is 5.10 Å². The van der Waals surface area contributed by atoms with Crippen molar-refractivity contribution in [3.63, 3.8) is 0 Å². The number of nitrogen functional groups attached to an aromatic ring is 1. The average molecular weight is 239 g/mol. The monoisotopic (exact) mass is 239 g/mol. The van der Waals surface area contributed by atoms with Gasteiger partial charge in [0.2, 0.25) is 0 Å². The predicted molar refractivity (Wildman–Crippen MR) is 59.1 cm³/mol. The molecule has 0 amide bonds. The van der Waals surface area contributed by atoms with Crippen LogP contribution in [0.3, 0.4) is 0 Å². The van der Waals surface area contributed by atoms with Gasteiger partial charge in [-0.3, -0.25) is 0 Å². The molecule has 0 unspecified atom stereocenters. The Morgan fingerprint density at radius 2 is 2.18 bits per heavy atom. The highest BCUT2D eigenvalue weighted by molar-refractivity contribution is 5.58. The maximum Gasteiger partial charge on any atom is 0.157 e. The molecule has 90 valence electrons. The minimum absolute atomic E-state index is 0.147. The van der Waals surface area contributed by atoms with Crippen LogP contribution < -0.4 is 10.5 Å². The van der Waals surface area contributed by atoms with E-state index in [0.29, 0.717) is 12.4 Å². The Morgan fingerprint density at radius 3 is 2.88 bits per heavy atom. The molecule has 2 rings (SSSR count). The third-order valence-corrected chi connectivity index (χ3v) is 2.19. The van der Waals surface area contributed by atoms with Crippen molar-refractivity contribution in [3.8, 4) is 11.4 Å². The molecular formula is C11H11F2N3O. The highest BCUT2D eigenvalue weighted by Crippen LogP contribution is 2.23. The summed E-state index contributed by atoms with van der Waals surface area (Å²) in [7, 11) is 0. The molecule has 0 radical (unpaired) electrons. The molecule has 0 aliphatic heterocycles. The summed E-state index contributed by atoms with van der Waals surface area (Å²) in [6.07, 6.45) is 2.96. The van der Waals surface area contributed by atoms with Gasteiger partial charge in [-0.25, -0.2) is 13.5 Å². The number of halogens is 2. The molecule has 0 aliphatic rings. The summed E-state index contributed by atoms with van der Waals surface area (Å²) in [4.78, 5) is 0. The Kier molecular flexibility index (Phi) is 2.95. The number of benzene rings is 1. The minimum Gasteiger partial charge on any atom is -0.491 e. The molecule has 0 saturated carbocycles. The molecule has 0 aliphatic carbocycles. The third kappa shape index (κ3) is 2.20. The zero-order valence-corrected chi connectivity index (χ0v) is 9.15. The molecule has 0 saturated heterocycles. The van der Waals surface area contributed by atoms with Crippen molar-refractivity contribution >= 4 is 5.69 Å². The second-order valence-electron chi connectivity index (χ2n) is 3.37. The molecule has 6 heteroatoms. The van der Waals surface area contributed by atoms with Crippen molar-refractivity contribution in [2.45, 2.75) is 6.92 Å². The average Bonchev–Trinajstić information content (AvgIpc) is 2.72. The lowest BCUT2D eigenvalue weighted by Gasteiger charge is -2.06. The molecule has 2 aromatic rings. The van der Waals surface area contributed by atoms with Crippen LogP contribution in [0, 0.1) is 11.6 Å². The van der Waals surface area contributed by atoms with Gasteiger partial charge in [-0.1, -0.05) is 0 Å². The van der Waals surface area contributed by atoms with Crippen molar-refractivity contribution < 1.29 is 13.5 Å². The van der Waals surface area contributed by atoms with E-state index in [0.717, 1.165) is 12.1 Å². The number of aromatic nitrogens is 2. The Bertz CT molecular complexity index is 540. The molecule has 0 atom stereocenters. The van der Waals surface area contributed by atoms with Crippen LogP contribution in [-0.4, -0.2) is 16.4 Å². The van der Waals surface area contributed by atoms with Crippen LogP contribution >= 0.6 is 0 Å². The number of anilines is 1. The third-order valence-electron chi connectivity index (χ3n) is 2.19. The van der Waals surface area contributed by atoms with E-state index in [9.17, 15) is 8.78 Å². The fourth-order valence-electron chi connectivity index (χ4n) is 1.44. The van der Waals surface area contributed by atoms with Crippen molar-refractivity contribution in [3.05, 3.63) is 36.2 Å². The largest absolute Gasteiger partial charge is 0.491 e. The molecule has 2 N–H and O–H groups in total. The summed E-state index contributed by atoms with van der Waals surface area (Å²) in [5.41, 5.74) is 5.52. The lowest BCUT2D eigenvalue weighted by Crippen LogP contribution is -2.03. The van der Waals surface area contributed by atoms with Crippen LogP contribution in [0.5, 0.6) is 5.75 Å². The van der Waals surface area contributed by atoms with E-state index < -0.39 is 11.6 Å². The highest BCUT2D eigenvalue weighted by Gasteiger charge is 2.11. The summed E-state index contributed by atoms with van der Waals surface area (Å²) in [6.45, 7) is 2.31. The van der Waals surface area contributed by atoms with Gasteiger partial charge in [0, 0.05) is 12.1 Å². The summed E-state index contributed by atoms with van der Waals surface area (Å²) < 4.78 is 32.8. The second kappa shape index (κ2) is 4.40. The van der Waals surface area contributed by atoms with Crippen LogP contribution in [0.2, 0.25) is 0 Å². The van der Waals surface area contributed by atoms with E-state index >= 15 is 0 Å². The normalized spacial score (nSPS) is 10.5. The topological polar surface area (TPSA) is 53.1 Å². The van der Waals surface area contributed by atoms with Crippen LogP contribution in [0.15, 0.2) is 24.5 Å². The Balaban J connectivity index is 2.44. The van der Waals surface area contributed by atoms with E-state index in [1.165, 1.54) is 17.1 Å². The lowest BCUT2D eigenvalue weighted by molar-refractivity contribution is 0.340. The van der Waals surface area contributed by atoms with Crippen molar-refractivity contribution in [2.24, 2.45) is 0 Å². The van der Waals surface area contributed by atoms with Gasteiger partial charge < -0.3 is 10.5 Å². The molecule has 1 aromatic carbocycles. The van der Waals surface area contributed by atoms with Gasteiger partial charge in [-0.05, 0) is 6.92 Å². The van der Waals surface area contributed by atoms with Gasteiger partial charge in [0.1, 0.15) is 5.82 Å². The van der Waals surface area contributed by atoms with Crippen LogP contribution in [0.1, 0.15) is 6.92 Å². The van der Waals surface area contributed by atoms with Crippen molar-refractivity contribution in [1.29, 1.82) is 0 Å². The van der Waals surface area contributed by atoms with Gasteiger partial charge in [0.15, 0.2) is 11.6 Å². The van der Waals surface area contributed by atoms with E-state index in [1.54, 1.807) is 0 Å². The molecule has 17 heavy (non-hydrogen) atoms. The fourth-order valence-corrected chi connectivity index (χ4v) is 1.44. The summed E-state index contributed by atoms with van der Waals surface area (Å²) in [5.74, 6) is -1.01. The highest BCUT2D eigenvalue weighted by atomic mass is 19.1. The second-order valence-corrected chi connectivity index (χ2v) is 3.37. The van der Waals surface area contributed by atoms with E-state index in [1.807, 2.05) is 6.92 Å². The summed E-state index contributed by atoms with van der Waals surface area (Å²) in [5, 5.41) is 3.93. The SMILES string of the molecule is CCOc1cnn(-c2cc(F)cc(F)c2N)c1. The van der Waals surface area contributed by atoms with Crippen molar-refractivity contribution in [2.75, 3.05) is 12.3 Å². The van der Waals surface area contributed by atoms with Gasteiger partial charge in [-0.15, -0.1) is 0 Å². The number of nitrogens with two attached hydrogens (primary N) is 1. The van der Waals surface area contributed by atoms with Gasteiger partial charge in [0.05, 0.1) is 30.4 Å². The first-order valence-corrected chi connectivity index (χ1v) is 5.04. The van der Waals surface area contributed by atoms with E-state index in [2.05, 4.69) is 5.10 Å². The van der Waals surface area contributed by atoms with Crippen LogP contribution in [-0.2, 0) is 0 Å².